The van der Waals surface area contributed by atoms with Crippen molar-refractivity contribution in [2.45, 2.75) is 38.0 Å². The summed E-state index contributed by atoms with van der Waals surface area (Å²) in [6.45, 7) is 5.92. The molecule has 0 aromatic carbocycles. The summed E-state index contributed by atoms with van der Waals surface area (Å²) in [5.74, 6) is -1.32. The standard InChI is InChI=1S/C10H20N2O4S/c1-3-12-6-4-9(5-7-12)11-17(15,16)8(2)10(13)14/h8-9,11H,3-7H2,1-2H3,(H,13,14). The predicted octanol–water partition coefficient (Wildman–Crippen LogP) is -0.137. The minimum Gasteiger partial charge on any atom is -0.480 e. The number of rotatable bonds is 5. The van der Waals surface area contributed by atoms with Gasteiger partial charge in [0, 0.05) is 6.04 Å². The van der Waals surface area contributed by atoms with Gasteiger partial charge in [-0.2, -0.15) is 0 Å². The maximum Gasteiger partial charge on any atom is 0.323 e. The summed E-state index contributed by atoms with van der Waals surface area (Å²) in [5.41, 5.74) is 0. The molecule has 100 valence electrons. The molecule has 0 amide bonds. The largest absolute Gasteiger partial charge is 0.480 e. The number of carbonyl (C=O) groups is 1. The quantitative estimate of drug-likeness (QED) is 0.722. The maximum absolute atomic E-state index is 11.7. The first-order valence-electron chi connectivity index (χ1n) is 5.83. The van der Waals surface area contributed by atoms with Crippen molar-refractivity contribution in [1.29, 1.82) is 0 Å². The highest BCUT2D eigenvalue weighted by Crippen LogP contribution is 2.12. The van der Waals surface area contributed by atoms with Gasteiger partial charge in [0.1, 0.15) is 0 Å². The van der Waals surface area contributed by atoms with Gasteiger partial charge < -0.3 is 10.0 Å². The van der Waals surface area contributed by atoms with Crippen molar-refractivity contribution in [2.24, 2.45) is 0 Å². The zero-order valence-electron chi connectivity index (χ0n) is 10.2. The van der Waals surface area contributed by atoms with Crippen LogP contribution in [0.4, 0.5) is 0 Å². The first kappa shape index (κ1) is 14.4. The van der Waals surface area contributed by atoms with Gasteiger partial charge in [0.25, 0.3) is 0 Å². The van der Waals surface area contributed by atoms with Gasteiger partial charge in [0.2, 0.25) is 10.0 Å². The van der Waals surface area contributed by atoms with E-state index in [-0.39, 0.29) is 6.04 Å². The monoisotopic (exact) mass is 264 g/mol. The van der Waals surface area contributed by atoms with Crippen LogP contribution in [0.5, 0.6) is 0 Å². The van der Waals surface area contributed by atoms with Crippen LogP contribution in [0.3, 0.4) is 0 Å². The number of carboxylic acid groups (broad SMARTS) is 1. The first-order chi connectivity index (χ1) is 7.86. The van der Waals surface area contributed by atoms with Crippen molar-refractivity contribution in [3.8, 4) is 0 Å². The summed E-state index contributed by atoms with van der Waals surface area (Å²) < 4.78 is 25.9. The van der Waals surface area contributed by atoms with Gasteiger partial charge in [0.05, 0.1) is 0 Å². The molecule has 1 aliphatic rings. The van der Waals surface area contributed by atoms with E-state index >= 15 is 0 Å². The predicted molar refractivity (Wildman–Crippen MR) is 64.3 cm³/mol. The number of hydrogen-bond acceptors (Lipinski definition) is 4. The maximum atomic E-state index is 11.7. The van der Waals surface area contributed by atoms with Crippen LogP contribution < -0.4 is 4.72 Å². The van der Waals surface area contributed by atoms with Gasteiger partial charge in [0.15, 0.2) is 5.25 Å². The Balaban J connectivity index is 2.53. The van der Waals surface area contributed by atoms with Gasteiger partial charge in [-0.25, -0.2) is 13.1 Å². The van der Waals surface area contributed by atoms with Crippen molar-refractivity contribution >= 4 is 16.0 Å². The molecule has 1 rings (SSSR count). The average molecular weight is 264 g/mol. The molecule has 17 heavy (non-hydrogen) atoms. The second kappa shape index (κ2) is 5.79. The summed E-state index contributed by atoms with van der Waals surface area (Å²) in [7, 11) is -3.75. The number of aliphatic carboxylic acids is 1. The summed E-state index contributed by atoms with van der Waals surface area (Å²) >= 11 is 0. The van der Waals surface area contributed by atoms with E-state index in [4.69, 9.17) is 5.11 Å². The Hall–Kier alpha value is -0.660. The molecule has 0 saturated carbocycles. The van der Waals surface area contributed by atoms with Crippen LogP contribution in [0.1, 0.15) is 26.7 Å². The lowest BCUT2D eigenvalue weighted by Crippen LogP contribution is -2.48. The molecule has 1 atom stereocenters. The molecular weight excluding hydrogens is 244 g/mol. The van der Waals surface area contributed by atoms with E-state index in [0.29, 0.717) is 0 Å². The Kier molecular flexibility index (Phi) is 4.91. The Morgan fingerprint density at radius 2 is 2.00 bits per heavy atom. The summed E-state index contributed by atoms with van der Waals surface area (Å²) in [5, 5.41) is 7.30. The fourth-order valence-corrected chi connectivity index (χ4v) is 3.00. The van der Waals surface area contributed by atoms with Gasteiger partial charge in [-0.1, -0.05) is 6.92 Å². The third-order valence-electron chi connectivity index (χ3n) is 3.18. The SMILES string of the molecule is CCN1CCC(NS(=O)(=O)C(C)C(=O)O)CC1. The lowest BCUT2D eigenvalue weighted by atomic mass is 10.1. The normalized spacial score (nSPS) is 21.3. The summed E-state index contributed by atoms with van der Waals surface area (Å²) in [6.07, 6.45) is 1.47. The molecule has 0 aliphatic carbocycles. The van der Waals surface area contributed by atoms with E-state index in [2.05, 4.69) is 16.5 Å². The number of hydrogen-bond donors (Lipinski definition) is 2. The Bertz CT molecular complexity index is 361. The topological polar surface area (TPSA) is 86.7 Å². The van der Waals surface area contributed by atoms with Crippen molar-refractivity contribution in [2.75, 3.05) is 19.6 Å². The van der Waals surface area contributed by atoms with Crippen molar-refractivity contribution in [3.05, 3.63) is 0 Å². The van der Waals surface area contributed by atoms with Gasteiger partial charge in [-0.15, -0.1) is 0 Å². The van der Waals surface area contributed by atoms with Crippen LogP contribution in [0.15, 0.2) is 0 Å². The lowest BCUT2D eigenvalue weighted by Gasteiger charge is -2.31. The van der Waals surface area contributed by atoms with Crippen molar-refractivity contribution in [3.63, 3.8) is 0 Å². The number of nitrogens with one attached hydrogen (secondary N) is 1. The Morgan fingerprint density at radius 1 is 1.47 bits per heavy atom. The zero-order valence-corrected chi connectivity index (χ0v) is 11.0. The smallest absolute Gasteiger partial charge is 0.323 e. The van der Waals surface area contributed by atoms with E-state index in [9.17, 15) is 13.2 Å². The van der Waals surface area contributed by atoms with Gasteiger partial charge in [-0.3, -0.25) is 4.79 Å². The van der Waals surface area contributed by atoms with E-state index in [1.807, 2.05) is 0 Å². The fourth-order valence-electron chi connectivity index (χ4n) is 1.83. The van der Waals surface area contributed by atoms with E-state index in [1.54, 1.807) is 0 Å². The van der Waals surface area contributed by atoms with Crippen LogP contribution in [0.25, 0.3) is 0 Å². The average Bonchev–Trinajstić information content (AvgIpc) is 2.28. The first-order valence-corrected chi connectivity index (χ1v) is 7.37. The van der Waals surface area contributed by atoms with Gasteiger partial charge in [-0.05, 0) is 39.4 Å². The fraction of sp³-hybridized carbons (Fsp3) is 0.900. The Labute approximate surface area is 102 Å². The molecule has 6 nitrogen and oxygen atoms in total. The molecule has 1 heterocycles. The van der Waals surface area contributed by atoms with Crippen LogP contribution in [0, 0.1) is 0 Å². The van der Waals surface area contributed by atoms with E-state index < -0.39 is 21.2 Å². The molecule has 0 spiro atoms. The zero-order chi connectivity index (χ0) is 13.1. The highest BCUT2D eigenvalue weighted by Gasteiger charge is 2.31. The third-order valence-corrected chi connectivity index (χ3v) is 4.97. The molecule has 1 fully saturated rings. The molecule has 7 heteroatoms. The second-order valence-corrected chi connectivity index (χ2v) is 6.38. The molecule has 0 bridgehead atoms. The number of likely N-dealkylation sites (tertiary alicyclic amines) is 1. The van der Waals surface area contributed by atoms with Crippen LogP contribution in [-0.2, 0) is 14.8 Å². The highest BCUT2D eigenvalue weighted by molar-refractivity contribution is 7.90. The van der Waals surface area contributed by atoms with E-state index in [0.717, 1.165) is 32.5 Å². The molecule has 1 saturated heterocycles. The Morgan fingerprint density at radius 3 is 2.41 bits per heavy atom. The lowest BCUT2D eigenvalue weighted by molar-refractivity contribution is -0.136. The van der Waals surface area contributed by atoms with Crippen molar-refractivity contribution < 1.29 is 18.3 Å². The molecule has 2 N–H and O–H groups in total. The summed E-state index contributed by atoms with van der Waals surface area (Å²) in [4.78, 5) is 12.9. The second-order valence-electron chi connectivity index (χ2n) is 4.35. The third kappa shape index (κ3) is 3.93. The number of sulfonamides is 1. The minimum absolute atomic E-state index is 0.135. The molecule has 0 aromatic rings. The summed E-state index contributed by atoms with van der Waals surface area (Å²) in [6, 6.07) is -0.135. The van der Waals surface area contributed by atoms with E-state index in [1.165, 1.54) is 6.92 Å². The van der Waals surface area contributed by atoms with Crippen LogP contribution in [0.2, 0.25) is 0 Å². The van der Waals surface area contributed by atoms with Crippen LogP contribution >= 0.6 is 0 Å². The molecule has 0 aromatic heterocycles. The molecular formula is C10H20N2O4S. The minimum atomic E-state index is -3.75. The van der Waals surface area contributed by atoms with Gasteiger partial charge >= 0.3 is 5.97 Å². The molecule has 1 unspecified atom stereocenters. The number of piperidine rings is 1. The number of carboxylic acids is 1. The highest BCUT2D eigenvalue weighted by atomic mass is 32.2. The van der Waals surface area contributed by atoms with Crippen molar-refractivity contribution in [1.82, 2.24) is 9.62 Å². The van der Waals surface area contributed by atoms with Crippen LogP contribution in [-0.4, -0.2) is 55.3 Å². The molecule has 0 radical (unpaired) electrons. The molecule has 1 aliphatic heterocycles. The number of nitrogens with zero attached hydrogens (tertiary/aromatic N) is 1.